The van der Waals surface area contributed by atoms with Crippen LogP contribution in [0.5, 0.6) is 11.6 Å². The molecule has 1 aromatic heterocycles. The van der Waals surface area contributed by atoms with E-state index in [0.29, 0.717) is 42.2 Å². The molecule has 174 valence electrons. The zero-order valence-electron chi connectivity index (χ0n) is 18.8. The Morgan fingerprint density at radius 3 is 2.64 bits per heavy atom. The molecule has 1 aromatic carbocycles. The highest BCUT2D eigenvalue weighted by Gasteiger charge is 2.28. The van der Waals surface area contributed by atoms with E-state index in [2.05, 4.69) is 17.5 Å². The first-order valence-corrected chi connectivity index (χ1v) is 12.1. The molecule has 2 aliphatic heterocycles. The summed E-state index contributed by atoms with van der Waals surface area (Å²) in [5.74, 6) is 1.96. The Bertz CT molecular complexity index is 1060. The topological polar surface area (TPSA) is 69.7 Å². The summed E-state index contributed by atoms with van der Waals surface area (Å²) in [6, 6.07) is 9.96. The second kappa shape index (κ2) is 9.74. The molecule has 3 fully saturated rings. The fourth-order valence-corrected chi connectivity index (χ4v) is 4.73. The molecule has 3 aliphatic rings. The summed E-state index contributed by atoms with van der Waals surface area (Å²) < 4.78 is 17.2. The van der Waals surface area contributed by atoms with E-state index in [-0.39, 0.29) is 18.1 Å². The maximum absolute atomic E-state index is 11.8. The lowest BCUT2D eigenvalue weighted by Gasteiger charge is -2.24. The average Bonchev–Trinajstić information content (AvgIpc) is 3.60. The highest BCUT2D eigenvalue weighted by Crippen LogP contribution is 2.44. The number of nitrogens with zero attached hydrogens (tertiary/aromatic N) is 1. The molecule has 1 N–H and O–H groups in total. The van der Waals surface area contributed by atoms with Crippen LogP contribution in [0.3, 0.4) is 0 Å². The van der Waals surface area contributed by atoms with Crippen molar-refractivity contribution in [2.24, 2.45) is 0 Å². The quantitative estimate of drug-likeness (QED) is 0.626. The smallest absolute Gasteiger partial charge is 0.220 e. The molecule has 7 heteroatoms. The van der Waals surface area contributed by atoms with Crippen LogP contribution in [0.15, 0.2) is 36.4 Å². The Morgan fingerprint density at radius 2 is 1.97 bits per heavy atom. The highest BCUT2D eigenvalue weighted by atomic mass is 35.5. The second-order valence-electron chi connectivity index (χ2n) is 8.94. The minimum atomic E-state index is -0.0413. The van der Waals surface area contributed by atoms with E-state index >= 15 is 0 Å². The first kappa shape index (κ1) is 22.2. The van der Waals surface area contributed by atoms with Crippen molar-refractivity contribution in [3.05, 3.63) is 58.3 Å². The SMILES string of the molecule is COc1nc(C(=C[C@H]2CCC(=O)N2)c2ccc(OC3CCOCC3)c(Cl)c2)ccc1C1CC1. The van der Waals surface area contributed by atoms with Gasteiger partial charge in [0, 0.05) is 36.4 Å². The van der Waals surface area contributed by atoms with Gasteiger partial charge in [0.05, 0.1) is 31.0 Å². The van der Waals surface area contributed by atoms with Crippen LogP contribution >= 0.6 is 11.6 Å². The maximum Gasteiger partial charge on any atom is 0.220 e. The molecule has 6 nitrogen and oxygen atoms in total. The predicted octanol–water partition coefficient (Wildman–Crippen LogP) is 4.89. The van der Waals surface area contributed by atoms with E-state index < -0.39 is 0 Å². The molecular weight excluding hydrogens is 440 g/mol. The Labute approximate surface area is 199 Å². The number of hydrogen-bond acceptors (Lipinski definition) is 5. The fraction of sp³-hybridized carbons (Fsp3) is 0.462. The molecule has 2 aromatic rings. The first-order valence-electron chi connectivity index (χ1n) is 11.7. The molecule has 0 spiro atoms. The van der Waals surface area contributed by atoms with Crippen molar-refractivity contribution in [2.75, 3.05) is 20.3 Å². The maximum atomic E-state index is 11.8. The van der Waals surface area contributed by atoms with Gasteiger partial charge in [-0.2, -0.15) is 0 Å². The third-order valence-electron chi connectivity index (χ3n) is 6.48. The minimum absolute atomic E-state index is 0.0413. The Hall–Kier alpha value is -2.57. The van der Waals surface area contributed by atoms with Crippen LogP contribution in [0, 0.1) is 0 Å². The van der Waals surface area contributed by atoms with Crippen molar-refractivity contribution in [1.29, 1.82) is 0 Å². The number of hydrogen-bond donors (Lipinski definition) is 1. The molecule has 5 rings (SSSR count). The third kappa shape index (κ3) is 5.17. The monoisotopic (exact) mass is 468 g/mol. The molecule has 1 aliphatic carbocycles. The molecule has 33 heavy (non-hydrogen) atoms. The summed E-state index contributed by atoms with van der Waals surface area (Å²) in [5, 5.41) is 3.59. The van der Waals surface area contributed by atoms with Gasteiger partial charge >= 0.3 is 0 Å². The number of carbonyl (C=O) groups is 1. The summed E-state index contributed by atoms with van der Waals surface area (Å²) in [4.78, 5) is 16.6. The van der Waals surface area contributed by atoms with Gasteiger partial charge in [0.2, 0.25) is 11.8 Å². The van der Waals surface area contributed by atoms with Gasteiger partial charge in [-0.25, -0.2) is 4.98 Å². The summed E-state index contributed by atoms with van der Waals surface area (Å²) >= 11 is 6.66. The predicted molar refractivity (Wildman–Crippen MR) is 127 cm³/mol. The largest absolute Gasteiger partial charge is 0.489 e. The van der Waals surface area contributed by atoms with Crippen LogP contribution in [-0.2, 0) is 9.53 Å². The van der Waals surface area contributed by atoms with Crippen molar-refractivity contribution in [3.8, 4) is 11.6 Å². The van der Waals surface area contributed by atoms with E-state index in [4.69, 9.17) is 30.8 Å². The van der Waals surface area contributed by atoms with Crippen molar-refractivity contribution in [3.63, 3.8) is 0 Å². The van der Waals surface area contributed by atoms with Crippen LogP contribution < -0.4 is 14.8 Å². The van der Waals surface area contributed by atoms with Crippen molar-refractivity contribution < 1.29 is 19.0 Å². The Kier molecular flexibility index (Phi) is 6.56. The number of aromatic nitrogens is 1. The molecule has 0 radical (unpaired) electrons. The van der Waals surface area contributed by atoms with Crippen molar-refractivity contribution in [2.45, 2.75) is 56.6 Å². The van der Waals surface area contributed by atoms with Gasteiger partial charge in [0.1, 0.15) is 11.9 Å². The first-order chi connectivity index (χ1) is 16.1. The summed E-state index contributed by atoms with van der Waals surface area (Å²) in [6.45, 7) is 1.43. The number of pyridine rings is 1. The van der Waals surface area contributed by atoms with Gasteiger partial charge in [-0.05, 0) is 48.9 Å². The van der Waals surface area contributed by atoms with Crippen molar-refractivity contribution >= 4 is 23.1 Å². The summed E-state index contributed by atoms with van der Waals surface area (Å²) in [6.07, 6.45) is 7.57. The van der Waals surface area contributed by atoms with Gasteiger partial charge in [0.15, 0.2) is 0 Å². The Morgan fingerprint density at radius 1 is 1.15 bits per heavy atom. The van der Waals surface area contributed by atoms with E-state index in [1.54, 1.807) is 7.11 Å². The number of amides is 1. The number of benzene rings is 1. The molecule has 1 atom stereocenters. The van der Waals surface area contributed by atoms with Crippen LogP contribution in [0.2, 0.25) is 5.02 Å². The standard InChI is InChI=1S/C26H29ClN2O4/c1-31-26-20(16-2-3-16)6-7-23(29-26)21(15-18-5-9-25(30)28-18)17-4-8-24(22(27)14-17)33-19-10-12-32-13-11-19/h4,6-8,14-16,18-19H,2-3,5,9-13H2,1H3,(H,28,30)/t18-/m1/s1. The molecule has 2 saturated heterocycles. The summed E-state index contributed by atoms with van der Waals surface area (Å²) in [5.41, 5.74) is 3.80. The molecule has 1 saturated carbocycles. The van der Waals surface area contributed by atoms with E-state index in [9.17, 15) is 4.79 Å². The minimum Gasteiger partial charge on any atom is -0.489 e. The van der Waals surface area contributed by atoms with Crippen molar-refractivity contribution in [1.82, 2.24) is 10.3 Å². The normalized spacial score (nSPS) is 21.7. The van der Waals surface area contributed by atoms with Crippen LogP contribution in [0.25, 0.3) is 5.57 Å². The van der Waals surface area contributed by atoms with E-state index in [1.165, 1.54) is 12.8 Å². The zero-order chi connectivity index (χ0) is 22.8. The number of nitrogens with one attached hydrogen (secondary N) is 1. The van der Waals surface area contributed by atoms with Gasteiger partial charge in [0.25, 0.3) is 0 Å². The van der Waals surface area contributed by atoms with Gasteiger partial charge in [-0.15, -0.1) is 0 Å². The van der Waals surface area contributed by atoms with E-state index in [0.717, 1.165) is 41.7 Å². The van der Waals surface area contributed by atoms with E-state index in [1.807, 2.05) is 24.3 Å². The molecule has 1 amide bonds. The zero-order valence-corrected chi connectivity index (χ0v) is 19.6. The number of carbonyl (C=O) groups excluding carboxylic acids is 1. The molecule has 3 heterocycles. The van der Waals surface area contributed by atoms with Gasteiger partial charge < -0.3 is 19.5 Å². The summed E-state index contributed by atoms with van der Waals surface area (Å²) in [7, 11) is 1.66. The molecular formula is C26H29ClN2O4. The second-order valence-corrected chi connectivity index (χ2v) is 9.34. The number of methoxy groups -OCH3 is 1. The Balaban J connectivity index is 1.47. The highest BCUT2D eigenvalue weighted by molar-refractivity contribution is 6.32. The fourth-order valence-electron chi connectivity index (χ4n) is 4.50. The lowest BCUT2D eigenvalue weighted by atomic mass is 9.98. The van der Waals surface area contributed by atoms with Crippen LogP contribution in [-0.4, -0.2) is 43.4 Å². The lowest BCUT2D eigenvalue weighted by molar-refractivity contribution is -0.119. The lowest BCUT2D eigenvalue weighted by Crippen LogP contribution is -2.26. The molecule has 0 unspecified atom stereocenters. The molecule has 0 bridgehead atoms. The number of halogens is 1. The third-order valence-corrected chi connectivity index (χ3v) is 6.77. The average molecular weight is 469 g/mol. The van der Waals surface area contributed by atoms with Gasteiger partial charge in [-0.3, -0.25) is 4.79 Å². The number of rotatable bonds is 7. The number of ether oxygens (including phenoxy) is 3. The van der Waals surface area contributed by atoms with Gasteiger partial charge in [-0.1, -0.05) is 29.8 Å². The van der Waals surface area contributed by atoms with Crippen LogP contribution in [0.4, 0.5) is 0 Å². The van der Waals surface area contributed by atoms with Crippen LogP contribution in [0.1, 0.15) is 61.3 Å².